The first-order valence-electron chi connectivity index (χ1n) is 10.0. The highest BCUT2D eigenvalue weighted by molar-refractivity contribution is 5.91. The van der Waals surface area contributed by atoms with Crippen molar-refractivity contribution in [3.05, 3.63) is 71.3 Å². The molecule has 1 amide bonds. The van der Waals surface area contributed by atoms with Crippen molar-refractivity contribution >= 4 is 11.6 Å². The summed E-state index contributed by atoms with van der Waals surface area (Å²) in [4.78, 5) is 20.8. The summed E-state index contributed by atoms with van der Waals surface area (Å²) in [6, 6.07) is 15.0. The summed E-state index contributed by atoms with van der Waals surface area (Å²) in [5, 5.41) is 24.4. The first-order valence-corrected chi connectivity index (χ1v) is 10.0. The van der Waals surface area contributed by atoms with Crippen LogP contribution in [-0.4, -0.2) is 36.2 Å². The van der Waals surface area contributed by atoms with Gasteiger partial charge in [0.25, 0.3) is 0 Å². The van der Waals surface area contributed by atoms with Crippen LogP contribution in [0.5, 0.6) is 0 Å². The minimum absolute atomic E-state index is 0.0306. The van der Waals surface area contributed by atoms with Gasteiger partial charge in [-0.1, -0.05) is 12.1 Å². The number of hydrogen-bond acceptors (Lipinski definition) is 6. The Labute approximate surface area is 185 Å². The van der Waals surface area contributed by atoms with E-state index in [4.69, 9.17) is 15.8 Å². The van der Waals surface area contributed by atoms with Crippen LogP contribution in [0.2, 0.25) is 0 Å². The van der Waals surface area contributed by atoms with Crippen molar-refractivity contribution in [3.8, 4) is 28.5 Å². The minimum atomic E-state index is -1.72. The van der Waals surface area contributed by atoms with Crippen molar-refractivity contribution in [2.75, 3.05) is 0 Å². The summed E-state index contributed by atoms with van der Waals surface area (Å²) in [5.74, 6) is -0.817. The molecule has 1 atom stereocenters. The number of hydrogen-bond donors (Lipinski definition) is 2. The molecule has 3 heterocycles. The molecule has 1 aromatic carbocycles. The van der Waals surface area contributed by atoms with E-state index in [0.717, 1.165) is 28.1 Å². The van der Waals surface area contributed by atoms with E-state index in [1.54, 1.807) is 28.9 Å². The number of nitriles is 1. The highest BCUT2D eigenvalue weighted by Crippen LogP contribution is 2.35. The lowest BCUT2D eigenvalue weighted by molar-refractivity contribution is -0.134. The third-order valence-corrected chi connectivity index (χ3v) is 5.23. The number of nitrogens with two attached hydrogens (primary N) is 1. The van der Waals surface area contributed by atoms with Crippen LogP contribution in [0.25, 0.3) is 28.0 Å². The van der Waals surface area contributed by atoms with Crippen LogP contribution >= 0.6 is 0 Å². The molecule has 8 nitrogen and oxygen atoms in total. The van der Waals surface area contributed by atoms with E-state index < -0.39 is 11.5 Å². The van der Waals surface area contributed by atoms with Crippen molar-refractivity contribution in [3.63, 3.8) is 0 Å². The number of benzene rings is 1. The summed E-state index contributed by atoms with van der Waals surface area (Å²) in [7, 11) is 0. The van der Waals surface area contributed by atoms with Crippen molar-refractivity contribution in [2.24, 2.45) is 5.73 Å². The third-order valence-electron chi connectivity index (χ3n) is 5.23. The van der Waals surface area contributed by atoms with Gasteiger partial charge in [0.05, 0.1) is 17.2 Å². The van der Waals surface area contributed by atoms with Crippen molar-refractivity contribution in [1.29, 1.82) is 5.26 Å². The predicted octanol–water partition coefficient (Wildman–Crippen LogP) is 2.73. The average molecular weight is 426 g/mol. The standard InChI is InChI=1S/C24H22N6O2/c1-14-9-18(10-15(2)27-14)20-21(17-6-4-5-16(11-17)13-25)29-30-8-7-19(28-22(20)30)12-24(3,32)23(26)31/h4-11,32H,12H2,1-3H3,(H2,26,31). The van der Waals surface area contributed by atoms with E-state index in [1.807, 2.05) is 38.1 Å². The fourth-order valence-corrected chi connectivity index (χ4v) is 3.69. The molecule has 4 rings (SSSR count). The number of carbonyl (C=O) groups excluding carboxylic acids is 1. The zero-order valence-corrected chi connectivity index (χ0v) is 18.0. The zero-order chi connectivity index (χ0) is 23.0. The van der Waals surface area contributed by atoms with E-state index in [-0.39, 0.29) is 6.42 Å². The maximum absolute atomic E-state index is 11.6. The molecular weight excluding hydrogens is 404 g/mol. The largest absolute Gasteiger partial charge is 0.380 e. The van der Waals surface area contributed by atoms with Crippen LogP contribution in [0.1, 0.15) is 29.6 Å². The number of amides is 1. The summed E-state index contributed by atoms with van der Waals surface area (Å²) in [6.07, 6.45) is 1.70. The number of pyridine rings is 1. The molecule has 0 radical (unpaired) electrons. The van der Waals surface area contributed by atoms with Gasteiger partial charge in [-0.3, -0.25) is 9.78 Å². The molecule has 0 aliphatic rings. The van der Waals surface area contributed by atoms with Crippen molar-refractivity contribution in [2.45, 2.75) is 32.8 Å². The second-order valence-corrected chi connectivity index (χ2v) is 8.06. The van der Waals surface area contributed by atoms with E-state index in [2.05, 4.69) is 11.1 Å². The Hall–Kier alpha value is -4.09. The highest BCUT2D eigenvalue weighted by atomic mass is 16.3. The molecule has 8 heteroatoms. The molecule has 3 aromatic heterocycles. The maximum atomic E-state index is 11.6. The summed E-state index contributed by atoms with van der Waals surface area (Å²) in [5.41, 5.74) is 9.99. The van der Waals surface area contributed by atoms with Crippen molar-refractivity contribution < 1.29 is 9.90 Å². The number of nitrogens with zero attached hydrogens (tertiary/aromatic N) is 5. The average Bonchev–Trinajstić information content (AvgIpc) is 3.11. The molecule has 0 bridgehead atoms. The molecule has 0 saturated carbocycles. The van der Waals surface area contributed by atoms with Crippen LogP contribution in [0.15, 0.2) is 48.7 Å². The van der Waals surface area contributed by atoms with Gasteiger partial charge in [0, 0.05) is 35.3 Å². The lowest BCUT2D eigenvalue weighted by atomic mass is 9.98. The van der Waals surface area contributed by atoms with Crippen LogP contribution in [0.4, 0.5) is 0 Å². The molecule has 160 valence electrons. The molecule has 4 aromatic rings. The van der Waals surface area contributed by atoms with Gasteiger partial charge in [-0.05, 0) is 56.7 Å². The van der Waals surface area contributed by atoms with Crippen LogP contribution in [-0.2, 0) is 11.2 Å². The van der Waals surface area contributed by atoms with Gasteiger partial charge in [0.1, 0.15) is 11.3 Å². The topological polar surface area (TPSA) is 130 Å². The number of carbonyl (C=O) groups is 1. The van der Waals surface area contributed by atoms with Crippen LogP contribution in [0.3, 0.4) is 0 Å². The summed E-state index contributed by atoms with van der Waals surface area (Å²) >= 11 is 0. The monoisotopic (exact) mass is 426 g/mol. The fourth-order valence-electron chi connectivity index (χ4n) is 3.69. The Morgan fingerprint density at radius 3 is 2.53 bits per heavy atom. The molecule has 0 saturated heterocycles. The Morgan fingerprint density at radius 2 is 1.88 bits per heavy atom. The van der Waals surface area contributed by atoms with Gasteiger partial charge in [0.2, 0.25) is 5.91 Å². The normalized spacial score (nSPS) is 13.0. The second kappa shape index (κ2) is 7.87. The Kier molecular flexibility index (Phi) is 5.20. The lowest BCUT2D eigenvalue weighted by Crippen LogP contribution is -2.43. The third kappa shape index (κ3) is 3.94. The first kappa shape index (κ1) is 21.2. The first-order chi connectivity index (χ1) is 15.2. The smallest absolute Gasteiger partial charge is 0.249 e. The molecule has 1 unspecified atom stereocenters. The number of aliphatic hydroxyl groups is 1. The van der Waals surface area contributed by atoms with E-state index in [0.29, 0.717) is 22.6 Å². The lowest BCUT2D eigenvalue weighted by Gasteiger charge is -2.18. The number of primary amides is 1. The van der Waals surface area contributed by atoms with E-state index in [9.17, 15) is 15.2 Å². The predicted molar refractivity (Wildman–Crippen MR) is 119 cm³/mol. The summed E-state index contributed by atoms with van der Waals surface area (Å²) < 4.78 is 1.65. The highest BCUT2D eigenvalue weighted by Gasteiger charge is 2.29. The van der Waals surface area contributed by atoms with E-state index in [1.165, 1.54) is 6.92 Å². The molecule has 0 aliphatic heterocycles. The quantitative estimate of drug-likeness (QED) is 0.505. The zero-order valence-electron chi connectivity index (χ0n) is 18.0. The Bertz CT molecular complexity index is 1380. The van der Waals surface area contributed by atoms with Gasteiger partial charge in [-0.2, -0.15) is 10.4 Å². The molecule has 0 fully saturated rings. The SMILES string of the molecule is Cc1cc(-c2c(-c3cccc(C#N)c3)nn3ccc(CC(C)(O)C(N)=O)nc23)cc(C)n1. The van der Waals surface area contributed by atoms with Crippen LogP contribution in [0, 0.1) is 25.2 Å². The summed E-state index contributed by atoms with van der Waals surface area (Å²) in [6.45, 7) is 5.20. The van der Waals surface area contributed by atoms with Gasteiger partial charge in [0.15, 0.2) is 5.65 Å². The number of fused-ring (bicyclic) bond motifs is 1. The Morgan fingerprint density at radius 1 is 1.16 bits per heavy atom. The van der Waals surface area contributed by atoms with Gasteiger partial charge in [-0.25, -0.2) is 9.50 Å². The number of aryl methyl sites for hydroxylation is 2. The second-order valence-electron chi connectivity index (χ2n) is 8.06. The molecule has 0 aliphatic carbocycles. The fraction of sp³-hybridized carbons (Fsp3) is 0.208. The van der Waals surface area contributed by atoms with Gasteiger partial charge < -0.3 is 10.8 Å². The molecular formula is C24H22N6O2. The number of aromatic nitrogens is 4. The molecule has 3 N–H and O–H groups in total. The molecule has 32 heavy (non-hydrogen) atoms. The Balaban J connectivity index is 1.99. The minimum Gasteiger partial charge on any atom is -0.380 e. The number of rotatable bonds is 5. The van der Waals surface area contributed by atoms with Gasteiger partial charge >= 0.3 is 0 Å². The van der Waals surface area contributed by atoms with Crippen molar-refractivity contribution in [1.82, 2.24) is 19.6 Å². The van der Waals surface area contributed by atoms with Crippen LogP contribution < -0.4 is 5.73 Å². The van der Waals surface area contributed by atoms with Gasteiger partial charge in [-0.15, -0.1) is 0 Å². The maximum Gasteiger partial charge on any atom is 0.249 e. The molecule has 0 spiro atoms. The van der Waals surface area contributed by atoms with E-state index >= 15 is 0 Å².